The Balaban J connectivity index is 1.54. The van der Waals surface area contributed by atoms with E-state index in [1.165, 1.54) is 23.4 Å². The first-order valence-electron chi connectivity index (χ1n) is 10.9. The fourth-order valence-corrected chi connectivity index (χ4v) is 5.12. The van der Waals surface area contributed by atoms with Gasteiger partial charge in [-0.1, -0.05) is 12.1 Å². The lowest BCUT2D eigenvalue weighted by Crippen LogP contribution is -2.33. The molecule has 1 atom stereocenters. The summed E-state index contributed by atoms with van der Waals surface area (Å²) in [4.78, 5) is 20.7. The third-order valence-electron chi connectivity index (χ3n) is 6.62. The zero-order valence-electron chi connectivity index (χ0n) is 17.8. The molecule has 3 aromatic rings. The molecule has 0 amide bonds. The van der Waals surface area contributed by atoms with Crippen LogP contribution in [0.2, 0.25) is 0 Å². The normalized spacial score (nSPS) is 19.1. The number of para-hydroxylation sites is 1. The molecule has 3 heterocycles. The van der Waals surface area contributed by atoms with Crippen molar-refractivity contribution in [3.63, 3.8) is 0 Å². The highest BCUT2D eigenvalue weighted by Crippen LogP contribution is 2.34. The quantitative estimate of drug-likeness (QED) is 0.628. The van der Waals surface area contributed by atoms with Gasteiger partial charge in [-0.25, -0.2) is 4.98 Å². The van der Waals surface area contributed by atoms with Gasteiger partial charge in [0, 0.05) is 20.7 Å². The van der Waals surface area contributed by atoms with E-state index in [2.05, 4.69) is 16.6 Å². The van der Waals surface area contributed by atoms with Crippen LogP contribution in [-0.4, -0.2) is 44.5 Å². The van der Waals surface area contributed by atoms with Crippen molar-refractivity contribution in [2.75, 3.05) is 20.3 Å². The number of fused-ring (bicyclic) bond motifs is 2. The number of methoxy groups -OCH3 is 1. The Morgan fingerprint density at radius 2 is 2.07 bits per heavy atom. The predicted octanol–water partition coefficient (Wildman–Crippen LogP) is 2.60. The molecule has 0 saturated carbocycles. The van der Waals surface area contributed by atoms with Crippen LogP contribution in [-0.2, 0) is 37.7 Å². The van der Waals surface area contributed by atoms with Crippen molar-refractivity contribution in [1.29, 1.82) is 0 Å². The molecular weight excluding hydrogens is 378 g/mol. The van der Waals surface area contributed by atoms with Crippen molar-refractivity contribution in [1.82, 2.24) is 24.2 Å². The van der Waals surface area contributed by atoms with Crippen molar-refractivity contribution in [2.45, 2.75) is 51.2 Å². The number of likely N-dealkylation sites (tertiary alicyclic amines) is 1. The molecular formula is C23H29N5O2. The van der Waals surface area contributed by atoms with Gasteiger partial charge in [0.1, 0.15) is 5.82 Å². The fourth-order valence-electron chi connectivity index (χ4n) is 5.12. The molecule has 5 rings (SSSR count). The number of hydrogen-bond acceptors (Lipinski definition) is 5. The maximum absolute atomic E-state index is 13.3. The second-order valence-corrected chi connectivity index (χ2v) is 8.41. The number of nitrogens with zero attached hydrogens (tertiary/aromatic N) is 5. The molecule has 2 aromatic heterocycles. The van der Waals surface area contributed by atoms with Gasteiger partial charge in [0.05, 0.1) is 41.5 Å². The van der Waals surface area contributed by atoms with E-state index in [0.29, 0.717) is 18.5 Å². The first-order valence-corrected chi connectivity index (χ1v) is 10.9. The molecule has 1 aliphatic heterocycles. The summed E-state index contributed by atoms with van der Waals surface area (Å²) in [6, 6.07) is 7.78. The third kappa shape index (κ3) is 3.26. The molecule has 1 saturated heterocycles. The van der Waals surface area contributed by atoms with E-state index in [1.54, 1.807) is 7.11 Å². The summed E-state index contributed by atoms with van der Waals surface area (Å²) in [5.74, 6) is 0.868. The standard InChI is InChI=1S/C23H29N5O2/c1-26-21(16-8-5-10-19(16)25-26)15-27-12-6-11-20(27)22-24-18-9-4-3-7-17(18)23(29)28(22)13-14-30-2/h3-4,7,9,20H,5-6,8,10-15H2,1-2H3. The number of rotatable bonds is 6. The van der Waals surface area contributed by atoms with Crippen LogP contribution in [0.1, 0.15) is 48.1 Å². The van der Waals surface area contributed by atoms with Crippen LogP contribution < -0.4 is 5.56 Å². The second kappa shape index (κ2) is 7.96. The lowest BCUT2D eigenvalue weighted by molar-refractivity contribution is 0.178. The van der Waals surface area contributed by atoms with Gasteiger partial charge in [-0.05, 0) is 56.3 Å². The first-order chi connectivity index (χ1) is 14.7. The number of ether oxygens (including phenoxy) is 1. The summed E-state index contributed by atoms with van der Waals surface area (Å²) in [5.41, 5.74) is 4.83. The maximum Gasteiger partial charge on any atom is 0.261 e. The highest BCUT2D eigenvalue weighted by Gasteiger charge is 2.32. The summed E-state index contributed by atoms with van der Waals surface area (Å²) >= 11 is 0. The van der Waals surface area contributed by atoms with Crippen LogP contribution in [0.25, 0.3) is 10.9 Å². The van der Waals surface area contributed by atoms with Crippen LogP contribution >= 0.6 is 0 Å². The van der Waals surface area contributed by atoms with Crippen LogP contribution in [0.3, 0.4) is 0 Å². The van der Waals surface area contributed by atoms with E-state index in [1.807, 2.05) is 28.8 Å². The van der Waals surface area contributed by atoms with Crippen molar-refractivity contribution in [2.24, 2.45) is 7.05 Å². The van der Waals surface area contributed by atoms with Crippen molar-refractivity contribution in [3.05, 3.63) is 57.4 Å². The Bertz CT molecular complexity index is 1130. The zero-order chi connectivity index (χ0) is 20.7. The highest BCUT2D eigenvalue weighted by molar-refractivity contribution is 5.77. The monoisotopic (exact) mass is 407 g/mol. The lowest BCUT2D eigenvalue weighted by atomic mass is 10.1. The van der Waals surface area contributed by atoms with E-state index < -0.39 is 0 Å². The summed E-state index contributed by atoms with van der Waals surface area (Å²) in [6.07, 6.45) is 5.55. The number of aromatic nitrogens is 4. The largest absolute Gasteiger partial charge is 0.383 e. The molecule has 0 N–H and O–H groups in total. The minimum absolute atomic E-state index is 0.0286. The van der Waals surface area contributed by atoms with Gasteiger partial charge in [0.15, 0.2) is 0 Å². The Morgan fingerprint density at radius 1 is 1.20 bits per heavy atom. The van der Waals surface area contributed by atoms with Gasteiger partial charge in [-0.15, -0.1) is 0 Å². The Labute approximate surface area is 176 Å². The van der Waals surface area contributed by atoms with Gasteiger partial charge in [-0.3, -0.25) is 18.9 Å². The molecule has 7 nitrogen and oxygen atoms in total. The average Bonchev–Trinajstić information content (AvgIpc) is 3.46. The molecule has 1 aliphatic carbocycles. The summed E-state index contributed by atoms with van der Waals surface area (Å²) in [5, 5.41) is 5.42. The van der Waals surface area contributed by atoms with Crippen molar-refractivity contribution >= 4 is 10.9 Å². The molecule has 0 bridgehead atoms. The van der Waals surface area contributed by atoms with Crippen LogP contribution in [0.15, 0.2) is 29.1 Å². The predicted molar refractivity (Wildman–Crippen MR) is 115 cm³/mol. The highest BCUT2D eigenvalue weighted by atomic mass is 16.5. The zero-order valence-corrected chi connectivity index (χ0v) is 17.8. The number of aryl methyl sites for hydroxylation is 2. The van der Waals surface area contributed by atoms with E-state index in [4.69, 9.17) is 14.8 Å². The van der Waals surface area contributed by atoms with Gasteiger partial charge < -0.3 is 4.74 Å². The third-order valence-corrected chi connectivity index (χ3v) is 6.62. The average molecular weight is 408 g/mol. The van der Waals surface area contributed by atoms with E-state index in [0.717, 1.165) is 50.1 Å². The summed E-state index contributed by atoms with van der Waals surface area (Å²) in [7, 11) is 3.73. The van der Waals surface area contributed by atoms with E-state index in [9.17, 15) is 4.79 Å². The SMILES string of the molecule is COCCn1c(C2CCCN2Cc2c3c(nn2C)CCC3)nc2ccccc2c1=O. The van der Waals surface area contributed by atoms with Crippen LogP contribution in [0, 0.1) is 0 Å². The molecule has 1 aromatic carbocycles. The molecule has 1 fully saturated rings. The first kappa shape index (κ1) is 19.5. The van der Waals surface area contributed by atoms with Crippen molar-refractivity contribution in [3.8, 4) is 0 Å². The van der Waals surface area contributed by atoms with E-state index >= 15 is 0 Å². The van der Waals surface area contributed by atoms with Crippen LogP contribution in [0.4, 0.5) is 0 Å². The smallest absolute Gasteiger partial charge is 0.261 e. The van der Waals surface area contributed by atoms with Gasteiger partial charge in [0.2, 0.25) is 0 Å². The molecule has 2 aliphatic rings. The number of benzene rings is 1. The molecule has 0 radical (unpaired) electrons. The molecule has 1 unspecified atom stereocenters. The maximum atomic E-state index is 13.3. The van der Waals surface area contributed by atoms with Gasteiger partial charge in [-0.2, -0.15) is 5.10 Å². The second-order valence-electron chi connectivity index (χ2n) is 8.41. The fraction of sp³-hybridized carbons (Fsp3) is 0.522. The van der Waals surface area contributed by atoms with Crippen LogP contribution in [0.5, 0.6) is 0 Å². The lowest BCUT2D eigenvalue weighted by Gasteiger charge is -2.27. The van der Waals surface area contributed by atoms with E-state index in [-0.39, 0.29) is 11.6 Å². The minimum Gasteiger partial charge on any atom is -0.383 e. The molecule has 158 valence electrons. The summed E-state index contributed by atoms with van der Waals surface area (Å²) < 4.78 is 9.19. The molecule has 7 heteroatoms. The minimum atomic E-state index is 0.0286. The van der Waals surface area contributed by atoms with Gasteiger partial charge in [0.25, 0.3) is 5.56 Å². The Morgan fingerprint density at radius 3 is 2.93 bits per heavy atom. The topological polar surface area (TPSA) is 65.2 Å². The number of hydrogen-bond donors (Lipinski definition) is 0. The van der Waals surface area contributed by atoms with Gasteiger partial charge >= 0.3 is 0 Å². The molecule has 0 spiro atoms. The Hall–Kier alpha value is -2.51. The van der Waals surface area contributed by atoms with Crippen molar-refractivity contribution < 1.29 is 4.74 Å². The molecule has 30 heavy (non-hydrogen) atoms. The Kier molecular flexibility index (Phi) is 5.16. The summed E-state index contributed by atoms with van der Waals surface area (Å²) in [6.45, 7) is 2.89.